The smallest absolute Gasteiger partial charge is 0.263 e. The fourth-order valence-corrected chi connectivity index (χ4v) is 0.807. The van der Waals surface area contributed by atoms with Crippen molar-refractivity contribution in [1.29, 1.82) is 0 Å². The van der Waals surface area contributed by atoms with Crippen LogP contribution in [0.25, 0.3) is 0 Å². The maximum absolute atomic E-state index is 10.7. The van der Waals surface area contributed by atoms with Gasteiger partial charge < -0.3 is 24.9 Å². The molecular weight excluding hydrogens is 271 g/mol. The summed E-state index contributed by atoms with van der Waals surface area (Å²) in [5.74, 6) is -1.04. The molecule has 13 heavy (non-hydrogen) atoms. The first-order chi connectivity index (χ1) is 5.11. The number of hydrogen-bond acceptors (Lipinski definition) is 5. The second-order valence-corrected chi connectivity index (χ2v) is 2.26. The molecule has 0 aliphatic carbocycles. The minimum atomic E-state index is -1.08. The Morgan fingerprint density at radius 2 is 1.69 bits per heavy atom. The molecule has 0 aromatic rings. The molecule has 71 valence electrons. The average molecular weight is 278 g/mol. The number of hydrogen-bond donors (Lipinski definition) is 0. The van der Waals surface area contributed by atoms with Gasteiger partial charge in [-0.05, 0) is 0 Å². The normalized spacial score (nSPS) is 14.6. The Morgan fingerprint density at radius 3 is 2.00 bits per heavy atom. The monoisotopic (exact) mass is 278 g/mol. The van der Waals surface area contributed by atoms with E-state index >= 15 is 0 Å². The van der Waals surface area contributed by atoms with Crippen molar-refractivity contribution in [3.05, 3.63) is 7.43 Å². The van der Waals surface area contributed by atoms with Crippen molar-refractivity contribution >= 4 is 29.7 Å². The summed E-state index contributed by atoms with van der Waals surface area (Å²) in [7, 11) is 0. The van der Waals surface area contributed by atoms with E-state index in [4.69, 9.17) is 0 Å². The Hall–Kier alpha value is -0.0661. The van der Waals surface area contributed by atoms with Crippen molar-refractivity contribution in [2.24, 2.45) is 0 Å². The first-order valence-corrected chi connectivity index (χ1v) is 3.27. The third-order valence-corrected chi connectivity index (χ3v) is 1.25. The molecule has 0 N–H and O–H groups in total. The molecular formula is C6H7NO4SY-2. The summed E-state index contributed by atoms with van der Waals surface area (Å²) in [6, 6.07) is 0. The van der Waals surface area contributed by atoms with Crippen LogP contribution in [0.15, 0.2) is 0 Å². The zero-order valence-electron chi connectivity index (χ0n) is 6.98. The molecule has 0 bridgehead atoms. The minimum Gasteiger partial charge on any atom is -0.695 e. The molecule has 0 unspecified atom stereocenters. The van der Waals surface area contributed by atoms with E-state index in [2.05, 4.69) is 17.5 Å². The van der Waals surface area contributed by atoms with Crippen molar-refractivity contribution in [3.63, 3.8) is 0 Å². The molecule has 0 atom stereocenters. The van der Waals surface area contributed by atoms with E-state index in [0.29, 0.717) is 5.06 Å². The van der Waals surface area contributed by atoms with Gasteiger partial charge in [0.25, 0.3) is 11.8 Å². The first-order valence-electron chi connectivity index (χ1n) is 2.86. The van der Waals surface area contributed by atoms with Crippen molar-refractivity contribution in [2.75, 3.05) is 0 Å². The summed E-state index contributed by atoms with van der Waals surface area (Å²) in [6.45, 7) is 0. The van der Waals surface area contributed by atoms with Gasteiger partial charge in [-0.1, -0.05) is 0 Å². The third kappa shape index (κ3) is 4.11. The van der Waals surface area contributed by atoms with Crippen LogP contribution >= 0.6 is 0 Å². The molecule has 0 aromatic carbocycles. The van der Waals surface area contributed by atoms with Crippen LogP contribution in [0.4, 0.5) is 4.79 Å². The summed E-state index contributed by atoms with van der Waals surface area (Å²) < 4.78 is 0. The third-order valence-electron chi connectivity index (χ3n) is 1.17. The SMILES string of the molecule is O=C([S-])ON1C(=O)CCC1=O.[CH3-].[Y]. The Labute approximate surface area is 106 Å². The largest absolute Gasteiger partial charge is 0.695 e. The predicted octanol–water partition coefficient (Wildman–Crippen LogP) is 0.182. The Bertz CT molecular complexity index is 217. The molecule has 1 rings (SSSR count). The van der Waals surface area contributed by atoms with Gasteiger partial charge in [0.05, 0.1) is 0 Å². The Balaban J connectivity index is 0. The van der Waals surface area contributed by atoms with Gasteiger partial charge >= 0.3 is 0 Å². The molecule has 7 heteroatoms. The van der Waals surface area contributed by atoms with Gasteiger partial charge in [0.1, 0.15) is 0 Å². The standard InChI is InChI=1S/C5H5NO4S.CH3.Y/c7-3-1-2-4(8)6(3)10-5(9)11;;/h1-2H2,(H,9,11);1H3;/q;-1;/p-1. The van der Waals surface area contributed by atoms with Gasteiger partial charge in [-0.2, -0.15) is 0 Å². The van der Waals surface area contributed by atoms with Crippen molar-refractivity contribution in [1.82, 2.24) is 5.06 Å². The van der Waals surface area contributed by atoms with Gasteiger partial charge in [-0.25, -0.2) is 0 Å². The Kier molecular flexibility index (Phi) is 7.58. The summed E-state index contributed by atoms with van der Waals surface area (Å²) in [6.07, 6.45) is 0.170. The number of carbonyl (C=O) groups excluding carboxylic acids is 3. The molecule has 5 nitrogen and oxygen atoms in total. The molecule has 1 aliphatic heterocycles. The van der Waals surface area contributed by atoms with Gasteiger partial charge in [0.15, 0.2) is 0 Å². The van der Waals surface area contributed by atoms with E-state index < -0.39 is 17.1 Å². The summed E-state index contributed by atoms with van der Waals surface area (Å²) >= 11 is 4.01. The van der Waals surface area contributed by atoms with Crippen LogP contribution in [0.3, 0.4) is 0 Å². The fourth-order valence-electron chi connectivity index (χ4n) is 0.732. The van der Waals surface area contributed by atoms with Crippen molar-refractivity contribution in [2.45, 2.75) is 12.8 Å². The maximum atomic E-state index is 10.7. The summed E-state index contributed by atoms with van der Waals surface area (Å²) in [5, 5.41) is -0.663. The molecule has 1 fully saturated rings. The van der Waals surface area contributed by atoms with E-state index in [1.165, 1.54) is 0 Å². The van der Waals surface area contributed by atoms with Gasteiger partial charge in [0, 0.05) is 45.6 Å². The van der Waals surface area contributed by atoms with Crippen LogP contribution in [0.2, 0.25) is 0 Å². The maximum Gasteiger partial charge on any atom is 0.263 e. The number of hydroxylamine groups is 2. The minimum absolute atomic E-state index is 0. The van der Waals surface area contributed by atoms with Gasteiger partial charge in [-0.3, -0.25) is 14.4 Å². The fraction of sp³-hybridized carbons (Fsp3) is 0.333. The summed E-state index contributed by atoms with van der Waals surface area (Å²) in [5.41, 5.74) is 0. The van der Waals surface area contributed by atoms with Gasteiger partial charge in [-0.15, -0.1) is 5.06 Å². The van der Waals surface area contributed by atoms with Crippen LogP contribution in [0.1, 0.15) is 12.8 Å². The van der Waals surface area contributed by atoms with Crippen LogP contribution in [0, 0.1) is 7.43 Å². The topological polar surface area (TPSA) is 63.7 Å². The van der Waals surface area contributed by atoms with Crippen LogP contribution in [-0.4, -0.2) is 22.2 Å². The molecule has 2 amide bonds. The second kappa shape index (κ2) is 6.40. The van der Waals surface area contributed by atoms with E-state index in [0.717, 1.165) is 0 Å². The second-order valence-electron chi connectivity index (χ2n) is 1.92. The molecule has 0 aromatic heterocycles. The predicted molar refractivity (Wildman–Crippen MR) is 41.3 cm³/mol. The molecule has 0 saturated carbocycles. The number of rotatable bonds is 1. The number of imide groups is 1. The molecule has 0 spiro atoms. The van der Waals surface area contributed by atoms with Crippen LogP contribution in [-0.2, 0) is 59.8 Å². The summed E-state index contributed by atoms with van der Waals surface area (Å²) in [4.78, 5) is 35.7. The van der Waals surface area contributed by atoms with E-state index in [1.54, 1.807) is 0 Å². The van der Waals surface area contributed by atoms with E-state index in [-0.39, 0.29) is 53.0 Å². The molecule has 1 radical (unpaired) electrons. The zero-order chi connectivity index (χ0) is 8.43. The number of carbonyl (C=O) groups is 3. The molecule has 1 heterocycles. The zero-order valence-corrected chi connectivity index (χ0v) is 10.6. The molecule has 1 saturated heterocycles. The van der Waals surface area contributed by atoms with Crippen LogP contribution in [0.5, 0.6) is 0 Å². The average Bonchev–Trinajstić information content (AvgIpc) is 2.18. The van der Waals surface area contributed by atoms with Crippen LogP contribution < -0.4 is 0 Å². The van der Waals surface area contributed by atoms with Crippen molar-refractivity contribution < 1.29 is 51.9 Å². The number of amides is 2. The van der Waals surface area contributed by atoms with Gasteiger partial charge in [0.2, 0.25) is 5.30 Å². The number of nitrogens with zero attached hydrogens (tertiary/aromatic N) is 1. The van der Waals surface area contributed by atoms with E-state index in [9.17, 15) is 14.4 Å². The Morgan fingerprint density at radius 1 is 1.31 bits per heavy atom. The van der Waals surface area contributed by atoms with Crippen molar-refractivity contribution in [3.8, 4) is 0 Å². The van der Waals surface area contributed by atoms with E-state index in [1.807, 2.05) is 0 Å². The first kappa shape index (κ1) is 15.4. The quantitative estimate of drug-likeness (QED) is 0.389. The molecule has 1 aliphatic rings.